The SMILES string of the molecule is Cc1cc(C)nc(SCC(=O)Nc2ccc(Cc3ccccc3)cc2)n1. The maximum atomic E-state index is 12.1. The summed E-state index contributed by atoms with van der Waals surface area (Å²) < 4.78 is 0. The van der Waals surface area contributed by atoms with E-state index in [9.17, 15) is 4.79 Å². The smallest absolute Gasteiger partial charge is 0.234 e. The van der Waals surface area contributed by atoms with E-state index in [0.717, 1.165) is 23.5 Å². The van der Waals surface area contributed by atoms with Crippen LogP contribution in [0.3, 0.4) is 0 Å². The van der Waals surface area contributed by atoms with Crippen molar-refractivity contribution in [3.05, 3.63) is 83.2 Å². The summed E-state index contributed by atoms with van der Waals surface area (Å²) in [6.07, 6.45) is 0.884. The fourth-order valence-corrected chi connectivity index (χ4v) is 3.37. The lowest BCUT2D eigenvalue weighted by atomic mass is 10.0. The number of benzene rings is 2. The molecule has 1 heterocycles. The average Bonchev–Trinajstić information content (AvgIpc) is 2.62. The molecular formula is C21H21N3OS. The first-order valence-corrected chi connectivity index (χ1v) is 9.45. The second-order valence-electron chi connectivity index (χ2n) is 6.13. The third-order valence-corrected chi connectivity index (χ3v) is 4.63. The molecule has 1 N–H and O–H groups in total. The van der Waals surface area contributed by atoms with Crippen LogP contribution in [0.2, 0.25) is 0 Å². The molecule has 0 aliphatic heterocycles. The largest absolute Gasteiger partial charge is 0.325 e. The third kappa shape index (κ3) is 5.43. The number of thioether (sulfide) groups is 1. The van der Waals surface area contributed by atoms with Crippen molar-refractivity contribution in [2.24, 2.45) is 0 Å². The highest BCUT2D eigenvalue weighted by Crippen LogP contribution is 2.16. The Morgan fingerprint density at radius 2 is 1.54 bits per heavy atom. The number of carbonyl (C=O) groups is 1. The quantitative estimate of drug-likeness (QED) is 0.520. The summed E-state index contributed by atoms with van der Waals surface area (Å²) >= 11 is 1.35. The molecule has 2 aromatic carbocycles. The van der Waals surface area contributed by atoms with Gasteiger partial charge in [0.25, 0.3) is 0 Å². The number of rotatable bonds is 6. The summed E-state index contributed by atoms with van der Waals surface area (Å²) in [6.45, 7) is 3.85. The van der Waals surface area contributed by atoms with Crippen LogP contribution in [0.15, 0.2) is 65.8 Å². The zero-order chi connectivity index (χ0) is 18.4. The standard InChI is InChI=1S/C21H21N3OS/c1-15-12-16(2)23-21(22-15)26-14-20(25)24-19-10-8-18(9-11-19)13-17-6-4-3-5-7-17/h3-12H,13-14H2,1-2H3,(H,24,25). The van der Waals surface area contributed by atoms with Crippen molar-refractivity contribution < 1.29 is 4.79 Å². The van der Waals surface area contributed by atoms with Crippen molar-refractivity contribution in [2.45, 2.75) is 25.4 Å². The monoisotopic (exact) mass is 363 g/mol. The fourth-order valence-electron chi connectivity index (χ4n) is 2.62. The predicted octanol–water partition coefficient (Wildman–Crippen LogP) is 4.42. The molecule has 132 valence electrons. The van der Waals surface area contributed by atoms with Gasteiger partial charge >= 0.3 is 0 Å². The molecule has 0 aliphatic rings. The van der Waals surface area contributed by atoms with Gasteiger partial charge in [-0.2, -0.15) is 0 Å². The van der Waals surface area contributed by atoms with E-state index in [-0.39, 0.29) is 11.7 Å². The molecule has 3 aromatic rings. The Morgan fingerprint density at radius 3 is 2.19 bits per heavy atom. The van der Waals surface area contributed by atoms with Crippen LogP contribution in [0, 0.1) is 13.8 Å². The summed E-state index contributed by atoms with van der Waals surface area (Å²) in [5.41, 5.74) is 5.11. The molecule has 1 amide bonds. The molecule has 0 saturated heterocycles. The highest BCUT2D eigenvalue weighted by molar-refractivity contribution is 7.99. The van der Waals surface area contributed by atoms with E-state index >= 15 is 0 Å². The van der Waals surface area contributed by atoms with Crippen LogP contribution in [0.1, 0.15) is 22.5 Å². The molecule has 0 saturated carbocycles. The molecule has 1 aromatic heterocycles. The van der Waals surface area contributed by atoms with E-state index < -0.39 is 0 Å². The van der Waals surface area contributed by atoms with Crippen LogP contribution in [0.4, 0.5) is 5.69 Å². The van der Waals surface area contributed by atoms with Crippen molar-refractivity contribution in [2.75, 3.05) is 11.1 Å². The van der Waals surface area contributed by atoms with Crippen molar-refractivity contribution in [1.82, 2.24) is 9.97 Å². The first-order valence-electron chi connectivity index (χ1n) is 8.46. The van der Waals surface area contributed by atoms with Crippen molar-refractivity contribution >= 4 is 23.4 Å². The minimum atomic E-state index is -0.0615. The minimum Gasteiger partial charge on any atom is -0.325 e. The third-order valence-electron chi connectivity index (χ3n) is 3.78. The van der Waals surface area contributed by atoms with Gasteiger partial charge < -0.3 is 5.32 Å². The van der Waals surface area contributed by atoms with Gasteiger partial charge in [-0.15, -0.1) is 0 Å². The van der Waals surface area contributed by atoms with Crippen LogP contribution in [0.5, 0.6) is 0 Å². The first-order chi connectivity index (χ1) is 12.6. The minimum absolute atomic E-state index is 0.0615. The van der Waals surface area contributed by atoms with Gasteiger partial charge in [0, 0.05) is 17.1 Å². The van der Waals surface area contributed by atoms with Gasteiger partial charge in [0.05, 0.1) is 5.75 Å². The Bertz CT molecular complexity index is 859. The van der Waals surface area contributed by atoms with Crippen molar-refractivity contribution in [3.8, 4) is 0 Å². The number of anilines is 1. The zero-order valence-corrected chi connectivity index (χ0v) is 15.7. The molecular weight excluding hydrogens is 342 g/mol. The van der Waals surface area contributed by atoms with Crippen LogP contribution >= 0.6 is 11.8 Å². The van der Waals surface area contributed by atoms with Crippen LogP contribution in [-0.4, -0.2) is 21.6 Å². The first kappa shape index (κ1) is 18.1. The van der Waals surface area contributed by atoms with E-state index in [2.05, 4.69) is 27.4 Å². The van der Waals surface area contributed by atoms with Gasteiger partial charge in [-0.3, -0.25) is 4.79 Å². The Kier molecular flexibility index (Phi) is 6.02. The number of aromatic nitrogens is 2. The zero-order valence-electron chi connectivity index (χ0n) is 14.9. The summed E-state index contributed by atoms with van der Waals surface area (Å²) in [5, 5.41) is 3.55. The van der Waals surface area contributed by atoms with E-state index in [1.54, 1.807) is 0 Å². The van der Waals surface area contributed by atoms with Crippen molar-refractivity contribution in [3.63, 3.8) is 0 Å². The lowest BCUT2D eigenvalue weighted by Crippen LogP contribution is -2.14. The Morgan fingerprint density at radius 1 is 0.923 bits per heavy atom. The maximum Gasteiger partial charge on any atom is 0.234 e. The lowest BCUT2D eigenvalue weighted by molar-refractivity contribution is -0.113. The topological polar surface area (TPSA) is 54.9 Å². The van der Waals surface area contributed by atoms with Gasteiger partial charge in [-0.25, -0.2) is 9.97 Å². The molecule has 26 heavy (non-hydrogen) atoms. The lowest BCUT2D eigenvalue weighted by Gasteiger charge is -2.07. The van der Waals surface area contributed by atoms with Gasteiger partial charge in [-0.1, -0.05) is 54.2 Å². The van der Waals surface area contributed by atoms with Gasteiger partial charge in [0.1, 0.15) is 0 Å². The molecule has 0 fully saturated rings. The average molecular weight is 363 g/mol. The Balaban J connectivity index is 1.52. The Labute approximate surface area is 158 Å². The second-order valence-corrected chi connectivity index (χ2v) is 7.07. The highest BCUT2D eigenvalue weighted by Gasteiger charge is 2.07. The number of aryl methyl sites for hydroxylation is 2. The van der Waals surface area contributed by atoms with Crippen molar-refractivity contribution in [1.29, 1.82) is 0 Å². The van der Waals surface area contributed by atoms with E-state index in [1.165, 1.54) is 22.9 Å². The highest BCUT2D eigenvalue weighted by atomic mass is 32.2. The fraction of sp³-hybridized carbons (Fsp3) is 0.190. The number of carbonyl (C=O) groups excluding carboxylic acids is 1. The number of amides is 1. The van der Waals surface area contributed by atoms with E-state index in [0.29, 0.717) is 5.16 Å². The summed E-state index contributed by atoms with van der Waals surface area (Å²) in [4.78, 5) is 20.8. The molecule has 0 aliphatic carbocycles. The van der Waals surface area contributed by atoms with Gasteiger partial charge in [0.15, 0.2) is 5.16 Å². The number of nitrogens with one attached hydrogen (secondary N) is 1. The normalized spacial score (nSPS) is 10.5. The molecule has 0 bridgehead atoms. The van der Waals surface area contributed by atoms with Crippen LogP contribution < -0.4 is 5.32 Å². The second kappa shape index (κ2) is 8.63. The van der Waals surface area contributed by atoms with E-state index in [1.807, 2.05) is 62.4 Å². The molecule has 0 radical (unpaired) electrons. The molecule has 4 nitrogen and oxygen atoms in total. The Hall–Kier alpha value is -2.66. The van der Waals surface area contributed by atoms with Gasteiger partial charge in [-0.05, 0) is 49.6 Å². The molecule has 3 rings (SSSR count). The van der Waals surface area contributed by atoms with Crippen LogP contribution in [0.25, 0.3) is 0 Å². The summed E-state index contributed by atoms with van der Waals surface area (Å²) in [7, 11) is 0. The summed E-state index contributed by atoms with van der Waals surface area (Å²) in [6, 6.07) is 20.2. The maximum absolute atomic E-state index is 12.1. The summed E-state index contributed by atoms with van der Waals surface area (Å²) in [5.74, 6) is 0.225. The predicted molar refractivity (Wildman–Crippen MR) is 107 cm³/mol. The number of hydrogen-bond acceptors (Lipinski definition) is 4. The van der Waals surface area contributed by atoms with Gasteiger partial charge in [0.2, 0.25) is 5.91 Å². The molecule has 0 unspecified atom stereocenters. The molecule has 0 atom stereocenters. The van der Waals surface area contributed by atoms with E-state index in [4.69, 9.17) is 0 Å². The number of nitrogens with zero attached hydrogens (tertiary/aromatic N) is 2. The molecule has 0 spiro atoms. The van der Waals surface area contributed by atoms with Crippen LogP contribution in [-0.2, 0) is 11.2 Å². The number of hydrogen-bond donors (Lipinski definition) is 1. The molecule has 5 heteroatoms.